The Bertz CT molecular complexity index is 959. The molecule has 6 heteroatoms. The molecule has 2 aromatic carbocycles. The molecule has 0 aromatic heterocycles. The molecule has 0 saturated carbocycles. The first-order chi connectivity index (χ1) is 12.6. The third-order valence-corrected chi connectivity index (χ3v) is 4.41. The van der Waals surface area contributed by atoms with Gasteiger partial charge in [0.05, 0.1) is 11.6 Å². The first-order valence-electron chi connectivity index (χ1n) is 8.47. The Labute approximate surface area is 156 Å². The number of anilines is 1. The molecule has 0 spiro atoms. The Kier molecular flexibility index (Phi) is 4.51. The molecule has 3 rings (SSSR count). The number of phenolic OH excluding ortho intramolecular Hbond substituents is 1. The third kappa shape index (κ3) is 3.30. The summed E-state index contributed by atoms with van der Waals surface area (Å²) in [6.07, 6.45) is 0. The highest BCUT2D eigenvalue weighted by Gasteiger charge is 2.46. The van der Waals surface area contributed by atoms with Crippen molar-refractivity contribution in [2.45, 2.75) is 26.8 Å². The molecule has 2 N–H and O–H groups in total. The number of aliphatic hydroxyl groups excluding tert-OH is 1. The van der Waals surface area contributed by atoms with Crippen LogP contribution in [0, 0.1) is 11.2 Å². The average Bonchev–Trinajstić information content (AvgIpc) is 2.85. The molecular formula is C21H20FNO4. The minimum absolute atomic E-state index is 0.0481. The maximum absolute atomic E-state index is 13.8. The van der Waals surface area contributed by atoms with Crippen LogP contribution in [0.5, 0.6) is 5.75 Å². The van der Waals surface area contributed by atoms with Gasteiger partial charge in [0.25, 0.3) is 5.91 Å². The van der Waals surface area contributed by atoms with Gasteiger partial charge in [-0.3, -0.25) is 14.5 Å². The van der Waals surface area contributed by atoms with Crippen LogP contribution in [-0.2, 0) is 9.59 Å². The summed E-state index contributed by atoms with van der Waals surface area (Å²) in [5.74, 6) is -2.45. The minimum Gasteiger partial charge on any atom is -0.508 e. The fourth-order valence-corrected chi connectivity index (χ4v) is 3.14. The maximum Gasteiger partial charge on any atom is 0.294 e. The number of halogens is 1. The van der Waals surface area contributed by atoms with Crippen molar-refractivity contribution in [3.63, 3.8) is 0 Å². The Morgan fingerprint density at radius 1 is 1.07 bits per heavy atom. The molecule has 140 valence electrons. The van der Waals surface area contributed by atoms with Gasteiger partial charge < -0.3 is 10.2 Å². The van der Waals surface area contributed by atoms with Crippen LogP contribution in [0.4, 0.5) is 10.1 Å². The quantitative estimate of drug-likeness (QED) is 0.856. The lowest BCUT2D eigenvalue weighted by molar-refractivity contribution is -0.123. The Hall–Kier alpha value is -3.15. The van der Waals surface area contributed by atoms with Crippen LogP contribution in [0.3, 0.4) is 0 Å². The Morgan fingerprint density at radius 3 is 2.33 bits per heavy atom. The number of benzene rings is 2. The summed E-state index contributed by atoms with van der Waals surface area (Å²) >= 11 is 0. The largest absolute Gasteiger partial charge is 0.508 e. The van der Waals surface area contributed by atoms with Crippen LogP contribution < -0.4 is 4.90 Å². The van der Waals surface area contributed by atoms with Crippen molar-refractivity contribution in [1.82, 2.24) is 0 Å². The Morgan fingerprint density at radius 2 is 1.74 bits per heavy atom. The minimum atomic E-state index is -0.974. The lowest BCUT2D eigenvalue weighted by Gasteiger charge is -2.29. The number of aliphatic hydroxyl groups is 1. The first-order valence-corrected chi connectivity index (χ1v) is 8.47. The van der Waals surface area contributed by atoms with Gasteiger partial charge in [-0.15, -0.1) is 0 Å². The van der Waals surface area contributed by atoms with E-state index in [1.807, 2.05) is 0 Å². The molecule has 1 aliphatic heterocycles. The number of carbonyl (C=O) groups is 2. The fraction of sp³-hybridized carbons (Fsp3) is 0.238. The zero-order chi connectivity index (χ0) is 19.9. The fourth-order valence-electron chi connectivity index (χ4n) is 3.14. The number of nitrogens with zero attached hydrogens (tertiary/aromatic N) is 1. The molecular weight excluding hydrogens is 349 g/mol. The predicted octanol–water partition coefficient (Wildman–Crippen LogP) is 4.05. The van der Waals surface area contributed by atoms with E-state index in [0.29, 0.717) is 5.56 Å². The van der Waals surface area contributed by atoms with Crippen molar-refractivity contribution in [2.24, 2.45) is 5.41 Å². The summed E-state index contributed by atoms with van der Waals surface area (Å²) in [7, 11) is 0. The summed E-state index contributed by atoms with van der Waals surface area (Å²) in [6, 6.07) is 10.5. The zero-order valence-electron chi connectivity index (χ0n) is 15.2. The normalized spacial score (nSPS) is 17.6. The second-order valence-corrected chi connectivity index (χ2v) is 7.49. The van der Waals surface area contributed by atoms with E-state index in [1.54, 1.807) is 32.9 Å². The van der Waals surface area contributed by atoms with Gasteiger partial charge in [-0.05, 0) is 35.9 Å². The highest BCUT2D eigenvalue weighted by atomic mass is 19.1. The molecule has 1 aliphatic rings. The van der Waals surface area contributed by atoms with Gasteiger partial charge in [0, 0.05) is 11.1 Å². The number of amides is 1. The van der Waals surface area contributed by atoms with Gasteiger partial charge in [-0.2, -0.15) is 0 Å². The molecule has 0 bridgehead atoms. The average molecular weight is 369 g/mol. The molecule has 5 nitrogen and oxygen atoms in total. The van der Waals surface area contributed by atoms with Crippen molar-refractivity contribution < 1.29 is 24.2 Å². The van der Waals surface area contributed by atoms with E-state index in [4.69, 9.17) is 0 Å². The molecule has 1 heterocycles. The van der Waals surface area contributed by atoms with Crippen molar-refractivity contribution in [3.8, 4) is 5.75 Å². The predicted molar refractivity (Wildman–Crippen MR) is 98.9 cm³/mol. The summed E-state index contributed by atoms with van der Waals surface area (Å²) in [4.78, 5) is 27.0. The first kappa shape index (κ1) is 18.6. The van der Waals surface area contributed by atoms with Crippen LogP contribution >= 0.6 is 0 Å². The number of rotatable bonds is 3. The number of Topliss-reactive ketones (excluding diaryl/α,β-unsaturated/α-hetero) is 1. The second kappa shape index (κ2) is 6.54. The molecule has 2 aromatic rings. The highest BCUT2D eigenvalue weighted by molar-refractivity contribution is 6.17. The standard InChI is InChI=1S/C21H20FNO4/c1-21(2,3)19(26)16-17(12-6-4-9-15(24)10-12)23(20(27)18(16)25)14-8-5-7-13(22)11-14/h4-11,17,24-25H,1-3H3. The maximum atomic E-state index is 13.8. The van der Waals surface area contributed by atoms with E-state index in [9.17, 15) is 24.2 Å². The smallest absolute Gasteiger partial charge is 0.294 e. The molecule has 0 radical (unpaired) electrons. The Balaban J connectivity index is 2.23. The lowest BCUT2D eigenvalue weighted by atomic mass is 9.82. The van der Waals surface area contributed by atoms with Crippen LogP contribution in [-0.4, -0.2) is 21.9 Å². The monoisotopic (exact) mass is 369 g/mol. The number of hydrogen-bond donors (Lipinski definition) is 2. The number of carbonyl (C=O) groups excluding carboxylic acids is 2. The van der Waals surface area contributed by atoms with Crippen LogP contribution in [0.25, 0.3) is 0 Å². The summed E-state index contributed by atoms with van der Waals surface area (Å²) < 4.78 is 13.8. The molecule has 27 heavy (non-hydrogen) atoms. The summed E-state index contributed by atoms with van der Waals surface area (Å²) in [6.45, 7) is 5.05. The highest BCUT2D eigenvalue weighted by Crippen LogP contribution is 2.43. The zero-order valence-corrected chi connectivity index (χ0v) is 15.2. The van der Waals surface area contributed by atoms with E-state index >= 15 is 0 Å². The van der Waals surface area contributed by atoms with Gasteiger partial charge >= 0.3 is 0 Å². The molecule has 0 saturated heterocycles. The lowest BCUT2D eigenvalue weighted by Crippen LogP contribution is -2.32. The van der Waals surface area contributed by atoms with Crippen molar-refractivity contribution in [2.75, 3.05) is 4.90 Å². The van der Waals surface area contributed by atoms with Crippen LogP contribution in [0.15, 0.2) is 59.9 Å². The molecule has 1 amide bonds. The number of aromatic hydroxyl groups is 1. The third-order valence-electron chi connectivity index (χ3n) is 4.41. The van der Waals surface area contributed by atoms with E-state index < -0.39 is 34.7 Å². The van der Waals surface area contributed by atoms with Crippen molar-refractivity contribution >= 4 is 17.4 Å². The SMILES string of the molecule is CC(C)(C)C(=O)C1=C(O)C(=O)N(c2cccc(F)c2)C1c1cccc(O)c1. The van der Waals surface area contributed by atoms with Crippen LogP contribution in [0.2, 0.25) is 0 Å². The van der Waals surface area contributed by atoms with Gasteiger partial charge in [0.15, 0.2) is 11.5 Å². The topological polar surface area (TPSA) is 77.8 Å². The van der Waals surface area contributed by atoms with Crippen molar-refractivity contribution in [1.29, 1.82) is 0 Å². The van der Waals surface area contributed by atoms with Gasteiger partial charge in [-0.25, -0.2) is 4.39 Å². The number of ketones is 1. The summed E-state index contributed by atoms with van der Waals surface area (Å²) in [5, 5.41) is 20.4. The number of hydrogen-bond acceptors (Lipinski definition) is 4. The van der Waals surface area contributed by atoms with Crippen molar-refractivity contribution in [3.05, 3.63) is 71.2 Å². The molecule has 0 aliphatic carbocycles. The van der Waals surface area contributed by atoms with E-state index in [1.165, 1.54) is 35.2 Å². The van der Waals surface area contributed by atoms with E-state index in [-0.39, 0.29) is 17.0 Å². The van der Waals surface area contributed by atoms with Gasteiger partial charge in [0.2, 0.25) is 0 Å². The van der Waals surface area contributed by atoms with E-state index in [2.05, 4.69) is 0 Å². The van der Waals surface area contributed by atoms with Crippen LogP contribution in [0.1, 0.15) is 32.4 Å². The molecule has 0 fully saturated rings. The van der Waals surface area contributed by atoms with Gasteiger partial charge in [0.1, 0.15) is 11.6 Å². The second-order valence-electron chi connectivity index (χ2n) is 7.49. The number of phenols is 1. The molecule has 1 unspecified atom stereocenters. The van der Waals surface area contributed by atoms with E-state index in [0.717, 1.165) is 6.07 Å². The molecule has 1 atom stereocenters. The summed E-state index contributed by atoms with van der Waals surface area (Å²) in [5.41, 5.74) is -0.278. The van der Waals surface area contributed by atoms with Gasteiger partial charge in [-0.1, -0.05) is 39.0 Å².